The summed E-state index contributed by atoms with van der Waals surface area (Å²) in [5, 5.41) is 7.58. The Morgan fingerprint density at radius 2 is 1.72 bits per heavy atom. The van der Waals surface area contributed by atoms with Crippen LogP contribution in [0.15, 0.2) is 42.9 Å². The molecular formula is C29H31F3N6O. The Hall–Kier alpha value is -3.43. The first-order valence-electron chi connectivity index (χ1n) is 13.8. The highest BCUT2D eigenvalue weighted by molar-refractivity contribution is 5.95. The molecule has 3 aromatic rings. The summed E-state index contributed by atoms with van der Waals surface area (Å²) in [6, 6.07) is 8.04. The van der Waals surface area contributed by atoms with Gasteiger partial charge in [0.05, 0.1) is 29.7 Å². The zero-order valence-electron chi connectivity index (χ0n) is 21.6. The molecule has 4 bridgehead atoms. The number of fused-ring (bicyclic) bond motifs is 1. The number of carbonyl (C=O) groups excluding carboxylic acids is 1. The number of alkyl halides is 3. The first-order chi connectivity index (χ1) is 18.8. The molecule has 3 heterocycles. The molecule has 39 heavy (non-hydrogen) atoms. The molecule has 0 spiro atoms. The molecule has 0 unspecified atom stereocenters. The summed E-state index contributed by atoms with van der Waals surface area (Å²) in [5.41, 5.74) is 0.712. The third-order valence-electron chi connectivity index (χ3n) is 9.36. The summed E-state index contributed by atoms with van der Waals surface area (Å²) < 4.78 is 43.2. The quantitative estimate of drug-likeness (QED) is 0.466. The second-order valence-corrected chi connectivity index (χ2v) is 12.0. The van der Waals surface area contributed by atoms with Gasteiger partial charge in [-0.15, -0.1) is 0 Å². The predicted octanol–water partition coefficient (Wildman–Crippen LogP) is 5.51. The van der Waals surface area contributed by atoms with Gasteiger partial charge in [-0.25, -0.2) is 14.6 Å². The lowest BCUT2D eigenvalue weighted by atomic mass is 9.49. The van der Waals surface area contributed by atoms with E-state index in [9.17, 15) is 18.0 Å². The number of nitrogens with one attached hydrogen (secondary N) is 1. The van der Waals surface area contributed by atoms with Crippen molar-refractivity contribution in [3.63, 3.8) is 0 Å². The fourth-order valence-corrected chi connectivity index (χ4v) is 8.17. The monoisotopic (exact) mass is 536 g/mol. The van der Waals surface area contributed by atoms with Gasteiger partial charge in [-0.2, -0.15) is 18.3 Å². The van der Waals surface area contributed by atoms with Crippen molar-refractivity contribution in [1.82, 2.24) is 24.6 Å². The standard InChI is InChI=1S/C29H31F3N6O/c30-29(31,32)25-23(14-36-38(25)21-4-2-1-3-5-21)27(39)37-7-6-22-24(15-37)34-17-35-26(22)33-16-28-11-18-8-19(12-28)10-20(9-18)13-28/h1-5,14,17-20H,6-13,15-16H2,(H,33,34,35). The van der Waals surface area contributed by atoms with Gasteiger partial charge in [-0.05, 0) is 80.2 Å². The first kappa shape index (κ1) is 24.6. The number of benzene rings is 1. The molecule has 1 aliphatic heterocycles. The lowest BCUT2D eigenvalue weighted by Gasteiger charge is -2.57. The topological polar surface area (TPSA) is 75.9 Å². The van der Waals surface area contributed by atoms with Gasteiger partial charge in [0, 0.05) is 18.7 Å². The Kier molecular flexibility index (Phi) is 5.72. The molecule has 8 rings (SSSR count). The molecule has 0 atom stereocenters. The molecule has 7 nitrogen and oxygen atoms in total. The molecule has 1 aromatic carbocycles. The Bertz CT molecular complexity index is 1370. The summed E-state index contributed by atoms with van der Waals surface area (Å²) in [6.45, 7) is 1.33. The highest BCUT2D eigenvalue weighted by Gasteiger charge is 2.50. The van der Waals surface area contributed by atoms with E-state index in [1.165, 1.54) is 61.9 Å². The number of rotatable bonds is 5. The highest BCUT2D eigenvalue weighted by Crippen LogP contribution is 2.60. The van der Waals surface area contributed by atoms with E-state index >= 15 is 0 Å². The number of aromatic nitrogens is 4. The van der Waals surface area contributed by atoms with Crippen LogP contribution in [-0.4, -0.2) is 43.6 Å². The smallest absolute Gasteiger partial charge is 0.369 e. The normalized spacial score (nSPS) is 27.5. The molecule has 4 saturated carbocycles. The van der Waals surface area contributed by atoms with E-state index in [-0.39, 0.29) is 12.2 Å². The van der Waals surface area contributed by atoms with E-state index < -0.39 is 23.3 Å². The van der Waals surface area contributed by atoms with Crippen molar-refractivity contribution in [3.05, 3.63) is 65.4 Å². The number of anilines is 1. The maximum Gasteiger partial charge on any atom is 0.434 e. The molecule has 1 N–H and O–H groups in total. The van der Waals surface area contributed by atoms with Gasteiger partial charge in [0.2, 0.25) is 0 Å². The summed E-state index contributed by atoms with van der Waals surface area (Å²) >= 11 is 0. The molecule has 4 fully saturated rings. The second kappa shape index (κ2) is 9.06. The molecule has 204 valence electrons. The lowest BCUT2D eigenvalue weighted by molar-refractivity contribution is -0.143. The molecule has 10 heteroatoms. The second-order valence-electron chi connectivity index (χ2n) is 12.0. The minimum absolute atomic E-state index is 0.135. The number of halogens is 3. The minimum atomic E-state index is -4.75. The van der Waals surface area contributed by atoms with Crippen LogP contribution in [0.25, 0.3) is 5.69 Å². The SMILES string of the molecule is O=C(c1cnn(-c2ccccc2)c1C(F)(F)F)N1CCc2c(ncnc2NCC23CC4CC(CC(C4)C2)C3)C1. The van der Waals surface area contributed by atoms with Gasteiger partial charge < -0.3 is 10.2 Å². The molecule has 1 amide bonds. The van der Waals surface area contributed by atoms with E-state index in [1.807, 2.05) is 0 Å². The van der Waals surface area contributed by atoms with Crippen molar-refractivity contribution < 1.29 is 18.0 Å². The van der Waals surface area contributed by atoms with E-state index in [1.54, 1.807) is 18.2 Å². The summed E-state index contributed by atoms with van der Waals surface area (Å²) in [7, 11) is 0. The number of amides is 1. The minimum Gasteiger partial charge on any atom is -0.369 e. The van der Waals surface area contributed by atoms with Crippen LogP contribution in [0.4, 0.5) is 19.0 Å². The molecule has 5 aliphatic rings. The van der Waals surface area contributed by atoms with Crippen LogP contribution < -0.4 is 5.32 Å². The van der Waals surface area contributed by atoms with Crippen LogP contribution in [0.3, 0.4) is 0 Å². The Balaban J connectivity index is 1.10. The number of hydrogen-bond donors (Lipinski definition) is 1. The summed E-state index contributed by atoms with van der Waals surface area (Å²) in [6.07, 6.45) is 6.31. The highest BCUT2D eigenvalue weighted by atomic mass is 19.4. The van der Waals surface area contributed by atoms with Gasteiger partial charge in [0.1, 0.15) is 12.1 Å². The van der Waals surface area contributed by atoms with Crippen molar-refractivity contribution >= 4 is 11.7 Å². The molecule has 0 saturated heterocycles. The zero-order chi connectivity index (χ0) is 26.8. The van der Waals surface area contributed by atoms with E-state index in [0.717, 1.165) is 46.6 Å². The number of nitrogens with zero attached hydrogens (tertiary/aromatic N) is 5. The number of hydrogen-bond acceptors (Lipinski definition) is 5. The van der Waals surface area contributed by atoms with Crippen molar-refractivity contribution in [2.24, 2.45) is 23.2 Å². The Morgan fingerprint density at radius 3 is 2.38 bits per heavy atom. The largest absolute Gasteiger partial charge is 0.434 e. The lowest BCUT2D eigenvalue weighted by Crippen LogP contribution is -2.49. The van der Waals surface area contributed by atoms with Crippen LogP contribution in [0.1, 0.15) is 65.8 Å². The Labute approximate surface area is 224 Å². The van der Waals surface area contributed by atoms with Gasteiger partial charge in [-0.1, -0.05) is 18.2 Å². The summed E-state index contributed by atoms with van der Waals surface area (Å²) in [4.78, 5) is 23.8. The van der Waals surface area contributed by atoms with E-state index in [0.29, 0.717) is 24.1 Å². The maximum atomic E-state index is 14.1. The first-order valence-corrected chi connectivity index (χ1v) is 13.8. The van der Waals surface area contributed by atoms with E-state index in [4.69, 9.17) is 0 Å². The average Bonchev–Trinajstić information content (AvgIpc) is 3.37. The van der Waals surface area contributed by atoms with Crippen molar-refractivity contribution in [2.75, 3.05) is 18.4 Å². The molecular weight excluding hydrogens is 505 g/mol. The molecule has 0 radical (unpaired) electrons. The molecule has 4 aliphatic carbocycles. The van der Waals surface area contributed by atoms with Gasteiger partial charge in [0.15, 0.2) is 5.69 Å². The van der Waals surface area contributed by atoms with Gasteiger partial charge in [-0.3, -0.25) is 4.79 Å². The van der Waals surface area contributed by atoms with Crippen LogP contribution in [0, 0.1) is 23.2 Å². The number of carbonyl (C=O) groups is 1. The van der Waals surface area contributed by atoms with Crippen molar-refractivity contribution in [3.8, 4) is 5.69 Å². The fraction of sp³-hybridized carbons (Fsp3) is 0.517. The maximum absolute atomic E-state index is 14.1. The third-order valence-corrected chi connectivity index (χ3v) is 9.36. The summed E-state index contributed by atoms with van der Waals surface area (Å²) in [5.74, 6) is 2.70. The third kappa shape index (κ3) is 4.37. The van der Waals surface area contributed by atoms with Crippen LogP contribution >= 0.6 is 0 Å². The van der Waals surface area contributed by atoms with Crippen LogP contribution in [-0.2, 0) is 19.1 Å². The predicted molar refractivity (Wildman–Crippen MR) is 138 cm³/mol. The molecule has 2 aromatic heterocycles. The van der Waals surface area contributed by atoms with Gasteiger partial charge >= 0.3 is 6.18 Å². The van der Waals surface area contributed by atoms with Crippen molar-refractivity contribution in [1.29, 1.82) is 0 Å². The number of para-hydroxylation sites is 1. The van der Waals surface area contributed by atoms with Crippen LogP contribution in [0.5, 0.6) is 0 Å². The van der Waals surface area contributed by atoms with E-state index in [2.05, 4.69) is 20.4 Å². The fourth-order valence-electron chi connectivity index (χ4n) is 8.17. The average molecular weight is 537 g/mol. The Morgan fingerprint density at radius 1 is 1.03 bits per heavy atom. The van der Waals surface area contributed by atoms with Crippen LogP contribution in [0.2, 0.25) is 0 Å². The van der Waals surface area contributed by atoms with Crippen molar-refractivity contribution in [2.45, 2.75) is 57.7 Å². The van der Waals surface area contributed by atoms with Gasteiger partial charge in [0.25, 0.3) is 5.91 Å². The zero-order valence-corrected chi connectivity index (χ0v) is 21.6.